The average molecular weight is 382 g/mol. The van der Waals surface area contributed by atoms with Crippen LogP contribution in [-0.2, 0) is 11.3 Å². The van der Waals surface area contributed by atoms with Crippen LogP contribution in [0.1, 0.15) is 49.5 Å². The molecule has 1 saturated heterocycles. The van der Waals surface area contributed by atoms with Crippen molar-refractivity contribution in [2.24, 2.45) is 0 Å². The van der Waals surface area contributed by atoms with E-state index in [1.807, 2.05) is 6.07 Å². The summed E-state index contributed by atoms with van der Waals surface area (Å²) in [4.78, 5) is 35.4. The van der Waals surface area contributed by atoms with E-state index in [1.165, 1.54) is 24.3 Å². The van der Waals surface area contributed by atoms with Crippen molar-refractivity contribution in [1.82, 2.24) is 10.6 Å². The fraction of sp³-hybridized carbons (Fsp3) is 0.286. The van der Waals surface area contributed by atoms with Gasteiger partial charge in [0.25, 0.3) is 11.8 Å². The molecule has 0 spiro atoms. The van der Waals surface area contributed by atoms with Gasteiger partial charge in [-0.25, -0.2) is 4.79 Å². The first-order chi connectivity index (χ1) is 13.5. The molecular weight excluding hydrogens is 360 g/mol. The number of carboxylic acid groups (broad SMARTS) is 1. The summed E-state index contributed by atoms with van der Waals surface area (Å²) >= 11 is 0. The molecule has 7 nitrogen and oxygen atoms in total. The number of amides is 2. The highest BCUT2D eigenvalue weighted by Gasteiger charge is 2.17. The standard InChI is InChI=1S/C21H22N2O5/c24-19(15-6-8-16(9-7-15)21(26)27)22-12-14-3-1-4-17(11-14)20(25)23-13-18-5-2-10-28-18/h1,3-4,6-9,11,18H,2,5,10,12-13H2,(H,22,24)(H,23,25)(H,26,27). The van der Waals surface area contributed by atoms with Crippen molar-refractivity contribution in [2.75, 3.05) is 13.2 Å². The van der Waals surface area contributed by atoms with E-state index >= 15 is 0 Å². The summed E-state index contributed by atoms with van der Waals surface area (Å²) in [6.07, 6.45) is 2.06. The molecular formula is C21H22N2O5. The van der Waals surface area contributed by atoms with Gasteiger partial charge in [0.1, 0.15) is 0 Å². The van der Waals surface area contributed by atoms with Crippen molar-refractivity contribution in [1.29, 1.82) is 0 Å². The third-order valence-corrected chi connectivity index (χ3v) is 4.55. The van der Waals surface area contributed by atoms with Crippen molar-refractivity contribution >= 4 is 17.8 Å². The Morgan fingerprint density at radius 1 is 0.964 bits per heavy atom. The maximum atomic E-state index is 12.3. The van der Waals surface area contributed by atoms with Crippen LogP contribution in [0.25, 0.3) is 0 Å². The minimum Gasteiger partial charge on any atom is -0.478 e. The van der Waals surface area contributed by atoms with Gasteiger partial charge in [0, 0.05) is 30.8 Å². The molecule has 0 radical (unpaired) electrons. The predicted molar refractivity (Wildman–Crippen MR) is 102 cm³/mol. The first kappa shape index (κ1) is 19.6. The number of benzene rings is 2. The number of aromatic carboxylic acids is 1. The smallest absolute Gasteiger partial charge is 0.335 e. The van der Waals surface area contributed by atoms with E-state index < -0.39 is 5.97 Å². The number of hydrogen-bond donors (Lipinski definition) is 3. The zero-order chi connectivity index (χ0) is 19.9. The molecule has 2 amide bonds. The molecule has 3 rings (SSSR count). The van der Waals surface area contributed by atoms with Gasteiger partial charge in [-0.2, -0.15) is 0 Å². The molecule has 7 heteroatoms. The van der Waals surface area contributed by atoms with Crippen molar-refractivity contribution in [3.63, 3.8) is 0 Å². The number of ether oxygens (including phenoxy) is 1. The number of carbonyl (C=O) groups is 3. The Morgan fingerprint density at radius 2 is 1.68 bits per heavy atom. The number of rotatable bonds is 7. The fourth-order valence-corrected chi connectivity index (χ4v) is 2.99. The third-order valence-electron chi connectivity index (χ3n) is 4.55. The Labute approximate surface area is 162 Å². The number of hydrogen-bond acceptors (Lipinski definition) is 4. The molecule has 2 aromatic rings. The van der Waals surface area contributed by atoms with E-state index in [0.717, 1.165) is 25.0 Å². The molecule has 0 saturated carbocycles. The molecule has 1 heterocycles. The Hall–Kier alpha value is -3.19. The van der Waals surface area contributed by atoms with Gasteiger partial charge in [0.05, 0.1) is 11.7 Å². The normalized spacial score (nSPS) is 15.8. The summed E-state index contributed by atoms with van der Waals surface area (Å²) in [6.45, 7) is 1.49. The Morgan fingerprint density at radius 3 is 2.36 bits per heavy atom. The first-order valence-corrected chi connectivity index (χ1v) is 9.13. The van der Waals surface area contributed by atoms with Crippen LogP contribution < -0.4 is 10.6 Å². The molecule has 1 fully saturated rings. The summed E-state index contributed by atoms with van der Waals surface area (Å²) in [6, 6.07) is 12.8. The Kier molecular flexibility index (Phi) is 6.39. The first-order valence-electron chi connectivity index (χ1n) is 9.13. The zero-order valence-electron chi connectivity index (χ0n) is 15.3. The van der Waals surface area contributed by atoms with Gasteiger partial charge in [-0.05, 0) is 54.8 Å². The summed E-state index contributed by atoms with van der Waals surface area (Å²) in [5.74, 6) is -1.53. The van der Waals surface area contributed by atoms with Crippen molar-refractivity contribution in [2.45, 2.75) is 25.5 Å². The van der Waals surface area contributed by atoms with Gasteiger partial charge < -0.3 is 20.5 Å². The largest absolute Gasteiger partial charge is 0.478 e. The minimum absolute atomic E-state index is 0.0823. The highest BCUT2D eigenvalue weighted by molar-refractivity contribution is 5.96. The van der Waals surface area contributed by atoms with Crippen LogP contribution >= 0.6 is 0 Å². The van der Waals surface area contributed by atoms with Crippen LogP contribution in [0.5, 0.6) is 0 Å². The second-order valence-electron chi connectivity index (χ2n) is 6.61. The van der Waals surface area contributed by atoms with Crippen molar-refractivity contribution < 1.29 is 24.2 Å². The number of carbonyl (C=O) groups excluding carboxylic acids is 2. The summed E-state index contributed by atoms with van der Waals surface area (Å²) in [5, 5.41) is 14.5. The van der Waals surface area contributed by atoms with Crippen LogP contribution in [0.4, 0.5) is 0 Å². The lowest BCUT2D eigenvalue weighted by Crippen LogP contribution is -2.31. The van der Waals surface area contributed by atoms with Crippen LogP contribution in [-0.4, -0.2) is 42.1 Å². The molecule has 1 aliphatic heterocycles. The molecule has 0 aliphatic carbocycles. The molecule has 2 aromatic carbocycles. The molecule has 1 atom stereocenters. The van der Waals surface area contributed by atoms with E-state index in [9.17, 15) is 14.4 Å². The maximum Gasteiger partial charge on any atom is 0.335 e. The topological polar surface area (TPSA) is 105 Å². The summed E-state index contributed by atoms with van der Waals surface area (Å²) < 4.78 is 5.50. The number of nitrogens with one attached hydrogen (secondary N) is 2. The molecule has 3 N–H and O–H groups in total. The van der Waals surface area contributed by atoms with E-state index in [2.05, 4.69) is 10.6 Å². The van der Waals surface area contributed by atoms with Gasteiger partial charge in [-0.1, -0.05) is 12.1 Å². The lowest BCUT2D eigenvalue weighted by molar-refractivity contribution is 0.0696. The van der Waals surface area contributed by atoms with Crippen molar-refractivity contribution in [3.8, 4) is 0 Å². The minimum atomic E-state index is -1.04. The molecule has 1 unspecified atom stereocenters. The van der Waals surface area contributed by atoms with Crippen molar-refractivity contribution in [3.05, 3.63) is 70.8 Å². The molecule has 0 aromatic heterocycles. The monoisotopic (exact) mass is 382 g/mol. The van der Waals surface area contributed by atoms with Crippen LogP contribution in [0.3, 0.4) is 0 Å². The van der Waals surface area contributed by atoms with Gasteiger partial charge in [0.2, 0.25) is 0 Å². The lowest BCUT2D eigenvalue weighted by atomic mass is 10.1. The van der Waals surface area contributed by atoms with Crippen LogP contribution in [0, 0.1) is 0 Å². The zero-order valence-corrected chi connectivity index (χ0v) is 15.3. The van der Waals surface area contributed by atoms with E-state index in [4.69, 9.17) is 9.84 Å². The quantitative estimate of drug-likeness (QED) is 0.681. The van der Waals surface area contributed by atoms with Crippen LogP contribution in [0.15, 0.2) is 48.5 Å². The second kappa shape index (κ2) is 9.14. The molecule has 1 aliphatic rings. The SMILES string of the molecule is O=C(O)c1ccc(C(=O)NCc2cccc(C(=O)NCC3CCCO3)c2)cc1. The van der Waals surface area contributed by atoms with Gasteiger partial charge in [-0.3, -0.25) is 9.59 Å². The Bertz CT molecular complexity index is 857. The average Bonchev–Trinajstić information content (AvgIpc) is 3.24. The van der Waals surface area contributed by atoms with E-state index in [-0.39, 0.29) is 30.0 Å². The summed E-state index contributed by atoms with van der Waals surface area (Å²) in [7, 11) is 0. The number of carboxylic acids is 1. The highest BCUT2D eigenvalue weighted by atomic mass is 16.5. The van der Waals surface area contributed by atoms with E-state index in [0.29, 0.717) is 17.7 Å². The molecule has 28 heavy (non-hydrogen) atoms. The molecule has 146 valence electrons. The fourth-order valence-electron chi connectivity index (χ4n) is 2.99. The second-order valence-corrected chi connectivity index (χ2v) is 6.61. The van der Waals surface area contributed by atoms with Gasteiger partial charge in [-0.15, -0.1) is 0 Å². The van der Waals surface area contributed by atoms with Crippen LogP contribution in [0.2, 0.25) is 0 Å². The van der Waals surface area contributed by atoms with Gasteiger partial charge in [0.15, 0.2) is 0 Å². The maximum absolute atomic E-state index is 12.3. The van der Waals surface area contributed by atoms with Gasteiger partial charge >= 0.3 is 5.97 Å². The lowest BCUT2D eigenvalue weighted by Gasteiger charge is -2.11. The predicted octanol–water partition coefficient (Wildman–Crippen LogP) is 2.22. The highest BCUT2D eigenvalue weighted by Crippen LogP contribution is 2.11. The molecule has 0 bridgehead atoms. The Balaban J connectivity index is 1.54. The summed E-state index contributed by atoms with van der Waals surface area (Å²) in [5.41, 5.74) is 1.81. The van der Waals surface area contributed by atoms with E-state index in [1.54, 1.807) is 18.2 Å². The third kappa shape index (κ3) is 5.17.